The van der Waals surface area contributed by atoms with Crippen LogP contribution in [0.1, 0.15) is 41.4 Å². The zero-order valence-corrected chi connectivity index (χ0v) is 19.5. The number of benzene rings is 1. The minimum atomic E-state index is -0.0602. The van der Waals surface area contributed by atoms with E-state index in [1.165, 1.54) is 0 Å². The summed E-state index contributed by atoms with van der Waals surface area (Å²) >= 11 is 6.36. The lowest BCUT2D eigenvalue weighted by Gasteiger charge is -2.09. The van der Waals surface area contributed by atoms with Gasteiger partial charge in [-0.25, -0.2) is 9.50 Å². The Morgan fingerprint density at radius 2 is 2.00 bits per heavy atom. The van der Waals surface area contributed by atoms with E-state index in [4.69, 9.17) is 16.3 Å². The number of nitrogens with one attached hydrogen (secondary N) is 1. The summed E-state index contributed by atoms with van der Waals surface area (Å²) in [7, 11) is 0. The molecule has 1 aliphatic carbocycles. The molecule has 0 spiro atoms. The fourth-order valence-electron chi connectivity index (χ4n) is 3.65. The molecule has 10 heteroatoms. The minimum Gasteiger partial charge on any atom is -0.438 e. The maximum Gasteiger partial charge on any atom is 0.237 e. The predicted octanol–water partition coefficient (Wildman–Crippen LogP) is 4.47. The Balaban J connectivity index is 1.32. The number of imidazole rings is 1. The van der Waals surface area contributed by atoms with Crippen molar-refractivity contribution in [1.82, 2.24) is 24.4 Å². The van der Waals surface area contributed by atoms with E-state index in [1.54, 1.807) is 51.9 Å². The van der Waals surface area contributed by atoms with Crippen molar-refractivity contribution in [1.29, 1.82) is 0 Å². The Morgan fingerprint density at radius 3 is 2.74 bits per heavy atom. The van der Waals surface area contributed by atoms with Crippen molar-refractivity contribution in [2.45, 2.75) is 39.7 Å². The van der Waals surface area contributed by atoms with Crippen LogP contribution in [0.4, 0.5) is 5.82 Å². The van der Waals surface area contributed by atoms with Crippen molar-refractivity contribution in [3.63, 3.8) is 0 Å². The first-order valence-corrected chi connectivity index (χ1v) is 11.5. The summed E-state index contributed by atoms with van der Waals surface area (Å²) < 4.78 is 9.21. The third-order valence-corrected chi connectivity index (χ3v) is 6.03. The van der Waals surface area contributed by atoms with Gasteiger partial charge in [-0.3, -0.25) is 14.3 Å². The molecule has 1 aliphatic rings. The van der Waals surface area contributed by atoms with E-state index in [1.807, 2.05) is 13.8 Å². The van der Waals surface area contributed by atoms with Crippen LogP contribution in [-0.4, -0.2) is 36.1 Å². The number of amides is 1. The summed E-state index contributed by atoms with van der Waals surface area (Å²) in [5.74, 6) is 1.31. The molecule has 0 bridgehead atoms. The number of aromatic nitrogens is 5. The molecule has 5 rings (SSSR count). The molecule has 1 amide bonds. The molecule has 34 heavy (non-hydrogen) atoms. The molecule has 0 aliphatic heterocycles. The number of aryl methyl sites for hydroxylation is 2. The maximum atomic E-state index is 12.9. The van der Waals surface area contributed by atoms with Gasteiger partial charge in [-0.1, -0.05) is 11.6 Å². The number of Topliss-reactive ketones (excluding diaryl/α,β-unsaturated/α-hetero) is 1. The molecule has 9 nitrogen and oxygen atoms in total. The molecule has 174 valence electrons. The monoisotopic (exact) mass is 478 g/mol. The van der Waals surface area contributed by atoms with Gasteiger partial charge in [0.1, 0.15) is 5.75 Å². The third-order valence-electron chi connectivity index (χ3n) is 5.66. The summed E-state index contributed by atoms with van der Waals surface area (Å²) in [5, 5.41) is 12.0. The van der Waals surface area contributed by atoms with Crippen molar-refractivity contribution in [2.75, 3.05) is 5.32 Å². The number of hydrogen-bond acceptors (Lipinski definition) is 6. The average Bonchev–Trinajstić information content (AvgIpc) is 3.49. The van der Waals surface area contributed by atoms with Crippen molar-refractivity contribution >= 4 is 34.8 Å². The fraction of sp³-hybridized carbons (Fsp3) is 0.292. The topological polar surface area (TPSA) is 103 Å². The Labute approximate surface area is 200 Å². The zero-order chi connectivity index (χ0) is 23.8. The van der Waals surface area contributed by atoms with Gasteiger partial charge in [-0.15, -0.1) is 5.10 Å². The van der Waals surface area contributed by atoms with Gasteiger partial charge in [0, 0.05) is 36.2 Å². The molecular formula is C24H23ClN6O3. The maximum absolute atomic E-state index is 12.9. The second kappa shape index (κ2) is 8.90. The van der Waals surface area contributed by atoms with Gasteiger partial charge >= 0.3 is 0 Å². The summed E-state index contributed by atoms with van der Waals surface area (Å²) in [6.07, 6.45) is 5.38. The predicted molar refractivity (Wildman–Crippen MR) is 127 cm³/mol. The summed E-state index contributed by atoms with van der Waals surface area (Å²) in [6, 6.07) is 8.60. The number of anilines is 1. The van der Waals surface area contributed by atoms with Gasteiger partial charge in [-0.05, 0) is 56.5 Å². The number of nitrogens with zero attached hydrogens (tertiary/aromatic N) is 5. The van der Waals surface area contributed by atoms with E-state index < -0.39 is 0 Å². The smallest absolute Gasteiger partial charge is 0.237 e. The molecular weight excluding hydrogens is 456 g/mol. The van der Waals surface area contributed by atoms with Crippen molar-refractivity contribution < 1.29 is 14.3 Å². The van der Waals surface area contributed by atoms with Gasteiger partial charge < -0.3 is 10.1 Å². The molecule has 1 saturated carbocycles. The van der Waals surface area contributed by atoms with E-state index in [9.17, 15) is 9.59 Å². The highest BCUT2D eigenvalue weighted by Gasteiger charge is 2.30. The van der Waals surface area contributed by atoms with Crippen LogP contribution in [0.3, 0.4) is 0 Å². The van der Waals surface area contributed by atoms with Crippen LogP contribution in [-0.2, 0) is 17.8 Å². The SMILES string of the molecule is CCn1cc(C(=O)Cc2cc(Oc3ccc4nc(NC(=O)C5CC5)cn4n3)ccc2Cl)c(C)n1. The Morgan fingerprint density at radius 1 is 1.18 bits per heavy atom. The third kappa shape index (κ3) is 4.65. The largest absolute Gasteiger partial charge is 0.438 e. The van der Waals surface area contributed by atoms with Crippen molar-refractivity contribution in [3.05, 3.63) is 64.6 Å². The number of fused-ring (bicyclic) bond motifs is 1. The minimum absolute atomic E-state index is 0.0136. The first-order valence-electron chi connectivity index (χ1n) is 11.1. The lowest BCUT2D eigenvalue weighted by atomic mass is 10.0. The van der Waals surface area contributed by atoms with Gasteiger partial charge in [0.05, 0.1) is 17.5 Å². The van der Waals surface area contributed by atoms with Crippen LogP contribution in [0.5, 0.6) is 11.6 Å². The number of hydrogen-bond donors (Lipinski definition) is 1. The molecule has 1 aromatic carbocycles. The quantitative estimate of drug-likeness (QED) is 0.375. The second-order valence-electron chi connectivity index (χ2n) is 8.30. The number of carbonyl (C=O) groups excluding carboxylic acids is 2. The van der Waals surface area contributed by atoms with Gasteiger partial charge in [0.15, 0.2) is 17.2 Å². The molecule has 3 heterocycles. The van der Waals surface area contributed by atoms with Crippen LogP contribution in [0, 0.1) is 12.8 Å². The van der Waals surface area contributed by atoms with Crippen LogP contribution < -0.4 is 10.1 Å². The molecule has 0 radical (unpaired) electrons. The van der Waals surface area contributed by atoms with Crippen molar-refractivity contribution in [2.24, 2.45) is 5.92 Å². The van der Waals surface area contributed by atoms with Crippen molar-refractivity contribution in [3.8, 4) is 11.6 Å². The van der Waals surface area contributed by atoms with Gasteiger partial charge in [-0.2, -0.15) is 5.10 Å². The lowest BCUT2D eigenvalue weighted by Crippen LogP contribution is -2.13. The number of carbonyl (C=O) groups is 2. The van der Waals surface area contributed by atoms with E-state index in [-0.39, 0.29) is 24.0 Å². The first-order chi connectivity index (χ1) is 16.4. The number of halogens is 1. The van der Waals surface area contributed by atoms with E-state index >= 15 is 0 Å². The van der Waals surface area contributed by atoms with E-state index in [2.05, 4.69) is 20.5 Å². The van der Waals surface area contributed by atoms with Crippen LogP contribution in [0.15, 0.2) is 42.7 Å². The molecule has 4 aromatic rings. The molecule has 0 atom stereocenters. The summed E-state index contributed by atoms with van der Waals surface area (Å²) in [6.45, 7) is 4.49. The fourth-order valence-corrected chi connectivity index (χ4v) is 3.83. The number of ether oxygens (including phenoxy) is 1. The molecule has 3 aromatic heterocycles. The molecule has 1 N–H and O–H groups in total. The van der Waals surface area contributed by atoms with Crippen LogP contribution in [0.2, 0.25) is 5.02 Å². The summed E-state index contributed by atoms with van der Waals surface area (Å²) in [4.78, 5) is 29.2. The Bertz CT molecular complexity index is 1410. The van der Waals surface area contributed by atoms with E-state index in [0.717, 1.165) is 12.8 Å². The standard InChI is InChI=1S/C24H23ClN6O3/c1-3-30-12-18(14(2)28-30)20(32)11-16-10-17(6-7-19(16)25)34-23-9-8-22-26-21(13-31(22)29-23)27-24(33)15-4-5-15/h6-10,12-13,15H,3-5,11H2,1-2H3,(H,27,33). The van der Waals surface area contributed by atoms with Crippen LogP contribution in [0.25, 0.3) is 5.65 Å². The summed E-state index contributed by atoms with van der Waals surface area (Å²) in [5.41, 5.74) is 2.52. The average molecular weight is 479 g/mol. The highest BCUT2D eigenvalue weighted by atomic mass is 35.5. The molecule has 0 unspecified atom stereocenters. The first kappa shape index (κ1) is 22.1. The Hall–Kier alpha value is -3.72. The molecule has 1 fully saturated rings. The van der Waals surface area contributed by atoms with E-state index in [0.29, 0.717) is 51.5 Å². The highest BCUT2D eigenvalue weighted by molar-refractivity contribution is 6.31. The van der Waals surface area contributed by atoms with Crippen LogP contribution >= 0.6 is 11.6 Å². The zero-order valence-electron chi connectivity index (χ0n) is 18.8. The lowest BCUT2D eigenvalue weighted by molar-refractivity contribution is -0.117. The number of rotatable bonds is 8. The molecule has 0 saturated heterocycles. The van der Waals surface area contributed by atoms with Gasteiger partial charge in [0.25, 0.3) is 0 Å². The second-order valence-corrected chi connectivity index (χ2v) is 8.71. The normalized spacial score (nSPS) is 13.3. The Kier molecular flexibility index (Phi) is 5.79. The highest BCUT2D eigenvalue weighted by Crippen LogP contribution is 2.30. The van der Waals surface area contributed by atoms with Gasteiger partial charge in [0.2, 0.25) is 11.8 Å². The number of ketones is 1.